The van der Waals surface area contributed by atoms with Crippen LogP contribution in [0, 0.1) is 11.8 Å². The Kier molecular flexibility index (Phi) is 5.80. The maximum Gasteiger partial charge on any atom is 0.338 e. The molecule has 3 heteroatoms. The molecule has 0 aromatic heterocycles. The number of nitrogens with one attached hydrogen (secondary N) is 1. The third kappa shape index (κ3) is 4.31. The van der Waals surface area contributed by atoms with Crippen LogP contribution in [0.1, 0.15) is 49.0 Å². The highest BCUT2D eigenvalue weighted by Gasteiger charge is 2.27. The molecule has 21 heavy (non-hydrogen) atoms. The van der Waals surface area contributed by atoms with Gasteiger partial charge in [-0.05, 0) is 62.7 Å². The number of carbonyl (C=O) groups excluding carboxylic acids is 1. The maximum absolute atomic E-state index is 12.4. The van der Waals surface area contributed by atoms with Gasteiger partial charge in [0.25, 0.3) is 0 Å². The van der Waals surface area contributed by atoms with Crippen LogP contribution in [-0.4, -0.2) is 25.7 Å². The third-order valence-electron chi connectivity index (χ3n) is 4.71. The second-order valence-electron chi connectivity index (χ2n) is 6.31. The summed E-state index contributed by atoms with van der Waals surface area (Å²) in [5.74, 6) is 1.22. The van der Waals surface area contributed by atoms with Crippen LogP contribution < -0.4 is 5.32 Å². The topological polar surface area (TPSA) is 38.3 Å². The highest BCUT2D eigenvalue weighted by Crippen LogP contribution is 2.31. The lowest BCUT2D eigenvalue weighted by Gasteiger charge is -2.31. The first-order chi connectivity index (χ1) is 10.1. The zero-order valence-electron chi connectivity index (χ0n) is 13.4. The number of likely N-dealkylation sites (N-methyl/N-ethyl adjacent to an activating group) is 1. The van der Waals surface area contributed by atoms with Gasteiger partial charge in [0.2, 0.25) is 0 Å². The molecule has 3 nitrogen and oxygen atoms in total. The molecule has 1 aromatic rings. The highest BCUT2D eigenvalue weighted by molar-refractivity contribution is 5.91. The number of rotatable bonds is 5. The van der Waals surface area contributed by atoms with Crippen molar-refractivity contribution in [3.63, 3.8) is 0 Å². The molecule has 0 bridgehead atoms. The van der Waals surface area contributed by atoms with Crippen molar-refractivity contribution >= 4 is 5.97 Å². The monoisotopic (exact) mass is 289 g/mol. The molecule has 3 atom stereocenters. The number of ether oxygens (including phenoxy) is 1. The Balaban J connectivity index is 2.00. The van der Waals surface area contributed by atoms with E-state index in [1.54, 1.807) is 0 Å². The maximum atomic E-state index is 12.4. The van der Waals surface area contributed by atoms with E-state index in [0.717, 1.165) is 49.3 Å². The van der Waals surface area contributed by atoms with Crippen molar-refractivity contribution in [1.29, 1.82) is 0 Å². The van der Waals surface area contributed by atoms with Crippen LogP contribution in [0.5, 0.6) is 0 Å². The van der Waals surface area contributed by atoms with Crippen molar-refractivity contribution in [1.82, 2.24) is 5.32 Å². The summed E-state index contributed by atoms with van der Waals surface area (Å²) in [5, 5.41) is 3.12. The van der Waals surface area contributed by atoms with Crippen LogP contribution >= 0.6 is 0 Å². The van der Waals surface area contributed by atoms with E-state index in [4.69, 9.17) is 4.74 Å². The molecule has 0 radical (unpaired) electrons. The van der Waals surface area contributed by atoms with Gasteiger partial charge in [-0.2, -0.15) is 0 Å². The summed E-state index contributed by atoms with van der Waals surface area (Å²) in [7, 11) is 1.92. The fourth-order valence-corrected chi connectivity index (χ4v) is 3.02. The van der Waals surface area contributed by atoms with Crippen molar-refractivity contribution in [2.24, 2.45) is 11.8 Å². The van der Waals surface area contributed by atoms with Gasteiger partial charge in [0, 0.05) is 0 Å². The van der Waals surface area contributed by atoms with E-state index in [2.05, 4.69) is 19.2 Å². The number of benzene rings is 1. The van der Waals surface area contributed by atoms with E-state index < -0.39 is 0 Å². The van der Waals surface area contributed by atoms with Crippen LogP contribution in [-0.2, 0) is 11.2 Å². The number of hydrogen-bond acceptors (Lipinski definition) is 3. The Morgan fingerprint density at radius 3 is 2.71 bits per heavy atom. The normalized spacial score (nSPS) is 25.6. The van der Waals surface area contributed by atoms with E-state index in [1.807, 2.05) is 31.3 Å². The van der Waals surface area contributed by atoms with E-state index >= 15 is 0 Å². The van der Waals surface area contributed by atoms with E-state index in [-0.39, 0.29) is 12.1 Å². The lowest BCUT2D eigenvalue weighted by molar-refractivity contribution is 0.00868. The molecule has 0 heterocycles. The average Bonchev–Trinajstić information content (AvgIpc) is 2.49. The van der Waals surface area contributed by atoms with Gasteiger partial charge in [0.15, 0.2) is 0 Å². The van der Waals surface area contributed by atoms with Gasteiger partial charge in [-0.15, -0.1) is 0 Å². The van der Waals surface area contributed by atoms with Gasteiger partial charge in [0.1, 0.15) is 6.10 Å². The molecule has 1 aliphatic rings. The van der Waals surface area contributed by atoms with E-state index in [0.29, 0.717) is 5.92 Å². The summed E-state index contributed by atoms with van der Waals surface area (Å²) in [6.07, 6.45) is 4.07. The van der Waals surface area contributed by atoms with Crippen LogP contribution in [0.15, 0.2) is 24.3 Å². The van der Waals surface area contributed by atoms with Crippen LogP contribution in [0.2, 0.25) is 0 Å². The second kappa shape index (κ2) is 7.60. The third-order valence-corrected chi connectivity index (χ3v) is 4.71. The van der Waals surface area contributed by atoms with Crippen molar-refractivity contribution in [3.8, 4) is 0 Å². The second-order valence-corrected chi connectivity index (χ2v) is 6.31. The molecule has 0 aliphatic heterocycles. The van der Waals surface area contributed by atoms with E-state index in [9.17, 15) is 4.79 Å². The summed E-state index contributed by atoms with van der Waals surface area (Å²) < 4.78 is 5.76. The molecule has 116 valence electrons. The molecule has 1 aromatic carbocycles. The van der Waals surface area contributed by atoms with Gasteiger partial charge in [-0.3, -0.25) is 0 Å². The summed E-state index contributed by atoms with van der Waals surface area (Å²) in [5.41, 5.74) is 1.79. The SMILES string of the molecule is CNCCc1ccccc1C(=O)OC1CCC(C)C(C)C1. The van der Waals surface area contributed by atoms with Crippen LogP contribution in [0.25, 0.3) is 0 Å². The van der Waals surface area contributed by atoms with Gasteiger partial charge in [0.05, 0.1) is 5.56 Å². The zero-order valence-corrected chi connectivity index (χ0v) is 13.4. The predicted octanol–water partition coefficient (Wildman–Crippen LogP) is 3.43. The lowest BCUT2D eigenvalue weighted by atomic mass is 9.80. The lowest BCUT2D eigenvalue weighted by Crippen LogP contribution is -2.29. The molecule has 0 saturated heterocycles. The first-order valence-corrected chi connectivity index (χ1v) is 8.05. The minimum atomic E-state index is -0.159. The van der Waals surface area contributed by atoms with Crippen LogP contribution in [0.3, 0.4) is 0 Å². The Morgan fingerprint density at radius 2 is 2.00 bits per heavy atom. The van der Waals surface area contributed by atoms with Crippen molar-refractivity contribution in [2.45, 2.75) is 45.6 Å². The Bertz CT molecular complexity index is 472. The van der Waals surface area contributed by atoms with Gasteiger partial charge < -0.3 is 10.1 Å². The molecule has 1 saturated carbocycles. The first-order valence-electron chi connectivity index (χ1n) is 8.05. The minimum Gasteiger partial charge on any atom is -0.459 e. The quantitative estimate of drug-likeness (QED) is 0.844. The minimum absolute atomic E-state index is 0.0843. The van der Waals surface area contributed by atoms with Gasteiger partial charge in [-0.1, -0.05) is 32.0 Å². The Labute approximate surface area is 128 Å². The Hall–Kier alpha value is -1.35. The molecule has 0 amide bonds. The van der Waals surface area contributed by atoms with Gasteiger partial charge >= 0.3 is 5.97 Å². The smallest absolute Gasteiger partial charge is 0.338 e. The molecular formula is C18H27NO2. The van der Waals surface area contributed by atoms with Crippen molar-refractivity contribution in [3.05, 3.63) is 35.4 Å². The molecule has 1 fully saturated rings. The Morgan fingerprint density at radius 1 is 1.24 bits per heavy atom. The van der Waals surface area contributed by atoms with Crippen molar-refractivity contribution in [2.75, 3.05) is 13.6 Å². The van der Waals surface area contributed by atoms with Crippen LogP contribution in [0.4, 0.5) is 0 Å². The molecule has 0 spiro atoms. The fourth-order valence-electron chi connectivity index (χ4n) is 3.02. The van der Waals surface area contributed by atoms with Gasteiger partial charge in [-0.25, -0.2) is 4.79 Å². The zero-order chi connectivity index (χ0) is 15.2. The highest BCUT2D eigenvalue weighted by atomic mass is 16.5. The molecule has 3 unspecified atom stereocenters. The van der Waals surface area contributed by atoms with Crippen molar-refractivity contribution < 1.29 is 9.53 Å². The predicted molar refractivity (Wildman–Crippen MR) is 85.5 cm³/mol. The molecule has 1 N–H and O–H groups in total. The number of esters is 1. The summed E-state index contributed by atoms with van der Waals surface area (Å²) >= 11 is 0. The molecular weight excluding hydrogens is 262 g/mol. The van der Waals surface area contributed by atoms with E-state index in [1.165, 1.54) is 0 Å². The first kappa shape index (κ1) is 16.0. The number of hydrogen-bond donors (Lipinski definition) is 1. The summed E-state index contributed by atoms with van der Waals surface area (Å²) in [4.78, 5) is 12.4. The standard InChI is InChI=1S/C18H27NO2/c1-13-8-9-16(12-14(13)2)21-18(20)17-7-5-4-6-15(17)10-11-19-3/h4-7,13-14,16,19H,8-12H2,1-3H3. The molecule has 1 aliphatic carbocycles. The average molecular weight is 289 g/mol. The molecule has 2 rings (SSSR count). The fraction of sp³-hybridized carbons (Fsp3) is 0.611. The number of carbonyl (C=O) groups is 1. The summed E-state index contributed by atoms with van der Waals surface area (Å²) in [6, 6.07) is 7.78. The summed E-state index contributed by atoms with van der Waals surface area (Å²) in [6.45, 7) is 5.41. The largest absolute Gasteiger partial charge is 0.459 e.